The maximum Gasteiger partial charge on any atom is 0.319 e. The molecule has 2 aromatic carbocycles. The van der Waals surface area contributed by atoms with Crippen LogP contribution in [0, 0.1) is 0 Å². The second-order valence-corrected chi connectivity index (χ2v) is 9.17. The Morgan fingerprint density at radius 2 is 1.88 bits per heavy atom. The second-order valence-electron chi connectivity index (χ2n) is 7.22. The molecule has 3 rings (SSSR count). The van der Waals surface area contributed by atoms with E-state index in [0.29, 0.717) is 24.3 Å². The minimum absolute atomic E-state index is 0.173. The molecule has 6 nitrogen and oxygen atoms in total. The van der Waals surface area contributed by atoms with Gasteiger partial charge >= 0.3 is 6.03 Å². The molecule has 32 heavy (non-hydrogen) atoms. The second kappa shape index (κ2) is 12.4. The highest BCUT2D eigenvalue weighted by Gasteiger charge is 2.09. The number of thiophene rings is 1. The summed E-state index contributed by atoms with van der Waals surface area (Å²) < 4.78 is 1.06. The molecule has 0 saturated heterocycles. The number of nitrogens with zero attached hydrogens (tertiary/aromatic N) is 1. The average molecular weight is 515 g/mol. The maximum absolute atomic E-state index is 12.4. The Morgan fingerprint density at radius 1 is 1.03 bits per heavy atom. The molecule has 0 aliphatic heterocycles. The molecule has 168 valence electrons. The van der Waals surface area contributed by atoms with Crippen LogP contribution in [0.2, 0.25) is 0 Å². The van der Waals surface area contributed by atoms with Crippen LogP contribution in [-0.2, 0) is 13.1 Å². The van der Waals surface area contributed by atoms with Gasteiger partial charge in [-0.05, 0) is 53.9 Å². The van der Waals surface area contributed by atoms with E-state index in [9.17, 15) is 9.59 Å². The van der Waals surface area contributed by atoms with Crippen molar-refractivity contribution in [1.29, 1.82) is 0 Å². The zero-order valence-corrected chi connectivity index (χ0v) is 20.3. The van der Waals surface area contributed by atoms with E-state index in [-0.39, 0.29) is 11.9 Å². The van der Waals surface area contributed by atoms with Crippen molar-refractivity contribution < 1.29 is 9.59 Å². The van der Waals surface area contributed by atoms with Crippen LogP contribution >= 0.6 is 27.3 Å². The fraction of sp³-hybridized carbons (Fsp3) is 0.250. The van der Waals surface area contributed by atoms with E-state index in [1.54, 1.807) is 35.6 Å². The van der Waals surface area contributed by atoms with Crippen LogP contribution < -0.4 is 16.0 Å². The van der Waals surface area contributed by atoms with E-state index in [0.717, 1.165) is 29.0 Å². The summed E-state index contributed by atoms with van der Waals surface area (Å²) in [6, 6.07) is 18.8. The van der Waals surface area contributed by atoms with E-state index >= 15 is 0 Å². The summed E-state index contributed by atoms with van der Waals surface area (Å²) in [4.78, 5) is 28.0. The Kier molecular flexibility index (Phi) is 9.27. The first-order chi connectivity index (χ1) is 15.5. The van der Waals surface area contributed by atoms with Crippen LogP contribution in [-0.4, -0.2) is 36.5 Å². The lowest BCUT2D eigenvalue weighted by molar-refractivity contribution is 0.0951. The summed E-state index contributed by atoms with van der Waals surface area (Å²) >= 11 is 5.10. The van der Waals surface area contributed by atoms with Gasteiger partial charge in [-0.2, -0.15) is 0 Å². The minimum Gasteiger partial charge on any atom is -0.347 e. The van der Waals surface area contributed by atoms with Gasteiger partial charge in [-0.3, -0.25) is 9.69 Å². The Hall–Kier alpha value is -2.68. The van der Waals surface area contributed by atoms with Crippen molar-refractivity contribution in [2.24, 2.45) is 0 Å². The molecule has 0 saturated carbocycles. The standard InChI is InChI=1S/C24H27BrN4O2S/c1-2-29(17-18-6-3-8-20(25)14-18)12-11-26-24(31)28-21-9-4-7-19(15-21)23(30)27-16-22-10-5-13-32-22/h3-10,13-15H,2,11-12,16-17H2,1H3,(H,27,30)(H2,26,28,31). The quantitative estimate of drug-likeness (QED) is 0.353. The third kappa shape index (κ3) is 7.78. The van der Waals surface area contributed by atoms with Crippen molar-refractivity contribution in [2.75, 3.05) is 25.0 Å². The van der Waals surface area contributed by atoms with Crippen LogP contribution in [0.5, 0.6) is 0 Å². The van der Waals surface area contributed by atoms with Crippen molar-refractivity contribution in [3.05, 3.63) is 86.5 Å². The van der Waals surface area contributed by atoms with Crippen molar-refractivity contribution in [1.82, 2.24) is 15.5 Å². The third-order valence-electron chi connectivity index (χ3n) is 4.84. The van der Waals surface area contributed by atoms with E-state index in [4.69, 9.17) is 0 Å². The lowest BCUT2D eigenvalue weighted by atomic mass is 10.2. The van der Waals surface area contributed by atoms with Crippen molar-refractivity contribution in [3.63, 3.8) is 0 Å². The smallest absolute Gasteiger partial charge is 0.319 e. The summed E-state index contributed by atoms with van der Waals surface area (Å²) in [5, 5.41) is 10.6. The van der Waals surface area contributed by atoms with Crippen LogP contribution in [0.25, 0.3) is 0 Å². The number of hydrogen-bond donors (Lipinski definition) is 3. The Bertz CT molecular complexity index is 1030. The number of likely N-dealkylation sites (N-methyl/N-ethyl adjacent to an activating group) is 1. The van der Waals surface area contributed by atoms with Crippen LogP contribution in [0.1, 0.15) is 27.7 Å². The van der Waals surface area contributed by atoms with Crippen molar-refractivity contribution >= 4 is 44.9 Å². The number of benzene rings is 2. The van der Waals surface area contributed by atoms with Gasteiger partial charge in [0.05, 0.1) is 6.54 Å². The highest BCUT2D eigenvalue weighted by atomic mass is 79.9. The topological polar surface area (TPSA) is 73.5 Å². The van der Waals surface area contributed by atoms with Crippen LogP contribution in [0.4, 0.5) is 10.5 Å². The lowest BCUT2D eigenvalue weighted by Crippen LogP contribution is -2.36. The van der Waals surface area contributed by atoms with Gasteiger partial charge < -0.3 is 16.0 Å². The maximum atomic E-state index is 12.4. The van der Waals surface area contributed by atoms with Gasteiger partial charge in [-0.25, -0.2) is 4.79 Å². The number of hydrogen-bond acceptors (Lipinski definition) is 4. The SMILES string of the molecule is CCN(CCNC(=O)Nc1cccc(C(=O)NCc2cccs2)c1)Cc1cccc(Br)c1. The van der Waals surface area contributed by atoms with Gasteiger partial charge in [-0.1, -0.05) is 47.1 Å². The summed E-state index contributed by atoms with van der Waals surface area (Å²) in [5.74, 6) is -0.173. The summed E-state index contributed by atoms with van der Waals surface area (Å²) in [7, 11) is 0. The van der Waals surface area contributed by atoms with Gasteiger partial charge in [0.1, 0.15) is 0 Å². The van der Waals surface area contributed by atoms with Gasteiger partial charge in [-0.15, -0.1) is 11.3 Å². The van der Waals surface area contributed by atoms with Gasteiger partial charge in [0, 0.05) is 40.2 Å². The van der Waals surface area contributed by atoms with Crippen LogP contribution in [0.3, 0.4) is 0 Å². The first-order valence-corrected chi connectivity index (χ1v) is 12.1. The van der Waals surface area contributed by atoms with E-state index < -0.39 is 0 Å². The molecular formula is C24H27BrN4O2S. The molecule has 0 aliphatic rings. The molecule has 0 unspecified atom stereocenters. The minimum atomic E-state index is -0.292. The van der Waals surface area contributed by atoms with E-state index in [2.05, 4.69) is 55.8 Å². The Morgan fingerprint density at radius 3 is 2.62 bits per heavy atom. The molecule has 1 heterocycles. The van der Waals surface area contributed by atoms with E-state index in [1.807, 2.05) is 29.6 Å². The lowest BCUT2D eigenvalue weighted by Gasteiger charge is -2.21. The van der Waals surface area contributed by atoms with Crippen LogP contribution in [0.15, 0.2) is 70.5 Å². The number of nitrogens with one attached hydrogen (secondary N) is 3. The molecule has 3 N–H and O–H groups in total. The summed E-state index contributed by atoms with van der Waals surface area (Å²) in [6.07, 6.45) is 0. The molecule has 3 aromatic rings. The normalized spacial score (nSPS) is 10.7. The number of amides is 3. The highest BCUT2D eigenvalue weighted by Crippen LogP contribution is 2.14. The molecule has 0 spiro atoms. The molecule has 8 heteroatoms. The van der Waals surface area contributed by atoms with Gasteiger partial charge in [0.25, 0.3) is 5.91 Å². The summed E-state index contributed by atoms with van der Waals surface area (Å²) in [6.45, 7) is 5.56. The largest absolute Gasteiger partial charge is 0.347 e. The molecular weight excluding hydrogens is 488 g/mol. The molecule has 3 amide bonds. The summed E-state index contributed by atoms with van der Waals surface area (Å²) in [5.41, 5.74) is 2.30. The monoisotopic (exact) mass is 514 g/mol. The molecule has 0 radical (unpaired) electrons. The highest BCUT2D eigenvalue weighted by molar-refractivity contribution is 9.10. The molecule has 0 aliphatic carbocycles. The fourth-order valence-corrected chi connectivity index (χ4v) is 4.26. The Labute approximate surface area is 201 Å². The number of halogens is 1. The predicted molar refractivity (Wildman–Crippen MR) is 134 cm³/mol. The molecule has 0 bridgehead atoms. The Balaban J connectivity index is 1.44. The number of carbonyl (C=O) groups excluding carboxylic acids is 2. The zero-order valence-electron chi connectivity index (χ0n) is 17.9. The number of rotatable bonds is 10. The fourth-order valence-electron chi connectivity index (χ4n) is 3.17. The van der Waals surface area contributed by atoms with E-state index in [1.165, 1.54) is 5.56 Å². The molecule has 1 aromatic heterocycles. The molecule has 0 atom stereocenters. The van der Waals surface area contributed by atoms with Crippen molar-refractivity contribution in [3.8, 4) is 0 Å². The van der Waals surface area contributed by atoms with Crippen molar-refractivity contribution in [2.45, 2.75) is 20.0 Å². The van der Waals surface area contributed by atoms with Gasteiger partial charge in [0.15, 0.2) is 0 Å². The first-order valence-electron chi connectivity index (χ1n) is 10.5. The number of urea groups is 1. The zero-order chi connectivity index (χ0) is 22.8. The number of anilines is 1. The molecule has 0 fully saturated rings. The number of carbonyl (C=O) groups is 2. The van der Waals surface area contributed by atoms with Gasteiger partial charge in [0.2, 0.25) is 0 Å². The third-order valence-corrected chi connectivity index (χ3v) is 6.21. The first kappa shape index (κ1) is 24.0. The average Bonchev–Trinajstić information content (AvgIpc) is 3.30. The predicted octanol–water partition coefficient (Wildman–Crippen LogP) is 5.08.